The van der Waals surface area contributed by atoms with Gasteiger partial charge in [-0.2, -0.15) is 0 Å². The maximum absolute atomic E-state index is 12.1. The lowest BCUT2D eigenvalue weighted by atomic mass is 9.95. The predicted molar refractivity (Wildman–Crippen MR) is 130 cm³/mol. The Kier molecular flexibility index (Phi) is 11.8. The fourth-order valence-corrected chi connectivity index (χ4v) is 6.82. The van der Waals surface area contributed by atoms with Gasteiger partial charge in [0.2, 0.25) is 10.4 Å². The summed E-state index contributed by atoms with van der Waals surface area (Å²) in [6.45, 7) is -1.55. The molecule has 4 fully saturated rings. The van der Waals surface area contributed by atoms with Crippen molar-refractivity contribution in [3.8, 4) is 0 Å². The average Bonchev–Trinajstić information content (AvgIpc) is 3.38. The molecule has 0 radical (unpaired) electrons. The minimum atomic E-state index is -5.47. The molecule has 4 aliphatic rings. The second kappa shape index (κ2) is 14.5. The van der Waals surface area contributed by atoms with Gasteiger partial charge in [0.05, 0.1) is 19.2 Å². The van der Waals surface area contributed by atoms with E-state index < -0.39 is 136 Å². The predicted octanol–water partition coefficient (Wildman–Crippen LogP) is -9.52. The molecule has 4 heterocycles. The van der Waals surface area contributed by atoms with E-state index in [4.69, 9.17) is 33.2 Å². The standard InChI is InChI=1S/C19H32N2O23S3/c1-37-12-5(3-39-47(34,35)36)41-18(7(8(12)22)21-46(31,32)33)43-14-10(24)11(25)19(44-15(14)16(26)27)42-13-4-2-38-17(40-4)6(9(13)23)20-45(28,29)30/h4-15,17-25H,2-3H2,1H3,(H,26,27)(H,28,29,30)(H,31,32,33)(H,34,35,36)/p-4/t4-,5-,6-,7-,8-,9-,10-,11-,12-,13-,14+,15+,17-,18-,19-/m1/s1. The van der Waals surface area contributed by atoms with Crippen molar-refractivity contribution in [2.24, 2.45) is 0 Å². The van der Waals surface area contributed by atoms with Crippen LogP contribution in [0.4, 0.5) is 0 Å². The van der Waals surface area contributed by atoms with Crippen LogP contribution in [-0.2, 0) is 73.1 Å². The highest BCUT2D eigenvalue weighted by Crippen LogP contribution is 2.35. The van der Waals surface area contributed by atoms with Gasteiger partial charge < -0.3 is 77.1 Å². The Morgan fingerprint density at radius 1 is 0.787 bits per heavy atom. The fraction of sp³-hybridized carbons (Fsp3) is 0.947. The Morgan fingerprint density at radius 3 is 1.91 bits per heavy atom. The highest BCUT2D eigenvalue weighted by molar-refractivity contribution is 7.84. The van der Waals surface area contributed by atoms with Crippen LogP contribution in [0.3, 0.4) is 0 Å². The minimum absolute atomic E-state index is 0.357. The van der Waals surface area contributed by atoms with Gasteiger partial charge in [-0.05, 0) is 0 Å². The van der Waals surface area contributed by atoms with Crippen LogP contribution < -0.4 is 14.6 Å². The number of aliphatic carboxylic acids is 1. The molecule has 0 aromatic carbocycles. The van der Waals surface area contributed by atoms with E-state index in [0.29, 0.717) is 0 Å². The van der Waals surface area contributed by atoms with Crippen LogP contribution in [0.2, 0.25) is 0 Å². The zero-order valence-electron chi connectivity index (χ0n) is 23.3. The third kappa shape index (κ3) is 9.26. The van der Waals surface area contributed by atoms with Crippen molar-refractivity contribution < 1.29 is 107 Å². The number of nitrogens with one attached hydrogen (secondary N) is 2. The minimum Gasteiger partial charge on any atom is -0.735 e. The summed E-state index contributed by atoms with van der Waals surface area (Å²) < 4.78 is 145. The first-order valence-corrected chi connectivity index (χ1v) is 17.2. The van der Waals surface area contributed by atoms with E-state index in [2.05, 4.69) is 4.18 Å². The highest BCUT2D eigenvalue weighted by Gasteiger charge is 2.56. The van der Waals surface area contributed by atoms with E-state index in [0.717, 1.165) is 7.11 Å². The van der Waals surface area contributed by atoms with Crippen LogP contribution in [0.1, 0.15) is 0 Å². The van der Waals surface area contributed by atoms with Crippen molar-refractivity contribution in [2.45, 2.75) is 92.0 Å². The van der Waals surface area contributed by atoms with E-state index in [1.165, 1.54) is 4.72 Å². The van der Waals surface area contributed by atoms with E-state index in [-0.39, 0.29) is 6.61 Å². The van der Waals surface area contributed by atoms with Crippen LogP contribution in [0.25, 0.3) is 0 Å². The Hall–Kier alpha value is -1.36. The van der Waals surface area contributed by atoms with Gasteiger partial charge >= 0.3 is 0 Å². The number of fused-ring (bicyclic) bond motifs is 2. The number of methoxy groups -OCH3 is 1. The molecule has 4 rings (SSSR count). The van der Waals surface area contributed by atoms with Crippen LogP contribution in [0, 0.1) is 0 Å². The molecule has 0 aromatic rings. The second-order valence-corrected chi connectivity index (χ2v) is 13.8. The summed E-state index contributed by atoms with van der Waals surface area (Å²) >= 11 is 0. The van der Waals surface area contributed by atoms with Crippen molar-refractivity contribution in [1.82, 2.24) is 9.44 Å². The van der Waals surface area contributed by atoms with E-state index in [1.807, 2.05) is 0 Å². The van der Waals surface area contributed by atoms with Gasteiger partial charge in [-0.25, -0.2) is 34.7 Å². The molecule has 0 amide bonds. The van der Waals surface area contributed by atoms with Gasteiger partial charge in [-0.1, -0.05) is 0 Å². The largest absolute Gasteiger partial charge is 0.735 e. The fourth-order valence-electron chi connectivity index (χ4n) is 5.35. The molecule has 4 aliphatic heterocycles. The summed E-state index contributed by atoms with van der Waals surface area (Å²) in [5, 5.41) is 55.2. The maximum atomic E-state index is 12.1. The molecule has 0 saturated carbocycles. The second-order valence-electron chi connectivity index (χ2n) is 10.4. The summed E-state index contributed by atoms with van der Waals surface area (Å²) in [5.41, 5.74) is 0. The first kappa shape index (κ1) is 38.4. The number of carboxylic acids is 1. The van der Waals surface area contributed by atoms with Gasteiger partial charge in [-0.3, -0.25) is 4.18 Å². The molecule has 15 atom stereocenters. The number of carbonyl (C=O) groups is 1. The molecular formula is C19H28N2O23S3-4. The molecule has 0 spiro atoms. The zero-order chi connectivity index (χ0) is 35.2. The Balaban J connectivity index is 1.57. The van der Waals surface area contributed by atoms with Crippen molar-refractivity contribution in [2.75, 3.05) is 20.3 Å². The first-order valence-electron chi connectivity index (χ1n) is 13.0. The molecule has 274 valence electrons. The number of aliphatic hydroxyl groups is 4. The van der Waals surface area contributed by atoms with Crippen molar-refractivity contribution in [1.29, 1.82) is 0 Å². The summed E-state index contributed by atoms with van der Waals surface area (Å²) in [5.74, 6) is -2.18. The van der Waals surface area contributed by atoms with Crippen LogP contribution >= 0.6 is 0 Å². The lowest BCUT2D eigenvalue weighted by Crippen LogP contribution is -2.69. The number of hydrogen-bond donors (Lipinski definition) is 6. The van der Waals surface area contributed by atoms with Crippen LogP contribution in [0.15, 0.2) is 0 Å². The van der Waals surface area contributed by atoms with Gasteiger partial charge in [0.15, 0.2) is 39.5 Å². The Bertz CT molecular complexity index is 1440. The number of carboxylic acid groups (broad SMARTS) is 1. The normalized spacial score (nSPS) is 43.1. The SMILES string of the molecule is CO[C@H]1[C@H](O)[C@@H](NS(=O)(=O)[O-])[C@@H](O[C@H]2[C@H](O)[C@@H](O)[C@H](O[C@H]3[C@H](O)[C@@H](NS(=O)(=O)[O-])[C@@H]4OC[C@H]3O4)O[C@@H]2C(=O)[O-])O[C@@H]1COS(=O)(=O)[O-]. The van der Waals surface area contributed by atoms with Gasteiger partial charge in [-0.15, -0.1) is 0 Å². The first-order chi connectivity index (χ1) is 21.6. The molecule has 6 N–H and O–H groups in total. The number of rotatable bonds is 13. The topological polar surface area (TPSA) is 391 Å². The van der Waals surface area contributed by atoms with E-state index in [9.17, 15) is 69.2 Å². The Morgan fingerprint density at radius 2 is 1.36 bits per heavy atom. The van der Waals surface area contributed by atoms with Crippen molar-refractivity contribution in [3.05, 3.63) is 0 Å². The molecule has 0 unspecified atom stereocenters. The van der Waals surface area contributed by atoms with Crippen molar-refractivity contribution >= 4 is 37.0 Å². The van der Waals surface area contributed by atoms with Crippen molar-refractivity contribution in [3.63, 3.8) is 0 Å². The highest BCUT2D eigenvalue weighted by atomic mass is 32.3. The molecule has 0 aromatic heterocycles. The zero-order valence-corrected chi connectivity index (χ0v) is 25.8. The maximum Gasteiger partial charge on any atom is 0.217 e. The third-order valence-corrected chi connectivity index (χ3v) is 8.89. The number of ether oxygens (including phenoxy) is 7. The average molecular weight is 749 g/mol. The van der Waals surface area contributed by atoms with E-state index in [1.54, 1.807) is 4.72 Å². The number of aliphatic hydroxyl groups excluding tert-OH is 4. The van der Waals surface area contributed by atoms with Gasteiger partial charge in [0.1, 0.15) is 73.1 Å². The monoisotopic (exact) mass is 748 g/mol. The summed E-state index contributed by atoms with van der Waals surface area (Å²) in [6.07, 6.45) is -26.0. The summed E-state index contributed by atoms with van der Waals surface area (Å²) in [6, 6.07) is -3.93. The molecular weight excluding hydrogens is 720 g/mol. The number of hydrogen-bond acceptors (Lipinski definition) is 23. The van der Waals surface area contributed by atoms with Gasteiger partial charge in [0.25, 0.3) is 0 Å². The molecule has 4 saturated heterocycles. The lowest BCUT2D eigenvalue weighted by Gasteiger charge is -2.49. The number of carbonyl (C=O) groups excluding carboxylic acids is 1. The third-order valence-electron chi connectivity index (χ3n) is 7.34. The molecule has 28 heteroatoms. The summed E-state index contributed by atoms with van der Waals surface area (Å²) in [4.78, 5) is 12.1. The molecule has 25 nitrogen and oxygen atoms in total. The smallest absolute Gasteiger partial charge is 0.217 e. The quantitative estimate of drug-likeness (QED) is 0.0752. The van der Waals surface area contributed by atoms with Crippen LogP contribution in [-0.4, -0.2) is 178 Å². The lowest BCUT2D eigenvalue weighted by molar-refractivity contribution is -0.377. The molecule has 0 aliphatic carbocycles. The summed E-state index contributed by atoms with van der Waals surface area (Å²) in [7, 11) is -15.1. The van der Waals surface area contributed by atoms with Crippen LogP contribution in [0.5, 0.6) is 0 Å². The van der Waals surface area contributed by atoms with Gasteiger partial charge in [0, 0.05) is 7.11 Å². The molecule has 47 heavy (non-hydrogen) atoms. The molecule has 2 bridgehead atoms. The van der Waals surface area contributed by atoms with E-state index >= 15 is 0 Å². The Labute approximate surface area is 265 Å².